The van der Waals surface area contributed by atoms with E-state index in [0.29, 0.717) is 11.6 Å². The van der Waals surface area contributed by atoms with Gasteiger partial charge in [0, 0.05) is 42.2 Å². The average molecular weight is 405 g/mol. The molecule has 1 aliphatic heterocycles. The smallest absolute Gasteiger partial charge is 0.253 e. The Hall–Kier alpha value is -2.74. The number of anilines is 1. The number of piperidine rings is 1. The summed E-state index contributed by atoms with van der Waals surface area (Å²) in [5, 5.41) is 12.2. The predicted octanol–water partition coefficient (Wildman–Crippen LogP) is 4.88. The summed E-state index contributed by atoms with van der Waals surface area (Å²) >= 11 is 0. The summed E-state index contributed by atoms with van der Waals surface area (Å²) in [5.74, 6) is 0.0713. The van der Waals surface area contributed by atoms with E-state index < -0.39 is 0 Å². The van der Waals surface area contributed by atoms with Crippen LogP contribution < -0.4 is 10.2 Å². The van der Waals surface area contributed by atoms with Gasteiger partial charge in [-0.15, -0.1) is 0 Å². The highest BCUT2D eigenvalue weighted by molar-refractivity contribution is 5.96. The second-order valence-corrected chi connectivity index (χ2v) is 8.84. The number of nitrogens with one attached hydrogen (secondary N) is 1. The molecule has 1 amide bonds. The van der Waals surface area contributed by atoms with Crippen molar-refractivity contribution in [2.24, 2.45) is 0 Å². The normalized spacial score (nSPS) is 18.2. The molecule has 1 saturated carbocycles. The van der Waals surface area contributed by atoms with Crippen LogP contribution in [0.15, 0.2) is 30.3 Å². The molecule has 5 nitrogen and oxygen atoms in total. The largest absolute Gasteiger partial charge is 0.371 e. The molecule has 1 aromatic carbocycles. The SMILES string of the molecule is Cc1cc(C(=O)NC2CCN(c3ccc(C#N)cc3)CC2)c(C)n1C1CCCCC1. The third-order valence-corrected chi connectivity index (χ3v) is 6.86. The van der Waals surface area contributed by atoms with Gasteiger partial charge in [0.15, 0.2) is 0 Å². The van der Waals surface area contributed by atoms with Gasteiger partial charge in [0.05, 0.1) is 17.2 Å². The van der Waals surface area contributed by atoms with Gasteiger partial charge in [0.2, 0.25) is 0 Å². The molecule has 0 atom stereocenters. The summed E-state index contributed by atoms with van der Waals surface area (Å²) < 4.78 is 2.40. The van der Waals surface area contributed by atoms with Crippen LogP contribution in [0.5, 0.6) is 0 Å². The Balaban J connectivity index is 1.36. The first-order valence-electron chi connectivity index (χ1n) is 11.3. The summed E-state index contributed by atoms with van der Waals surface area (Å²) in [7, 11) is 0. The van der Waals surface area contributed by atoms with Crippen molar-refractivity contribution in [1.82, 2.24) is 9.88 Å². The van der Waals surface area contributed by atoms with E-state index in [4.69, 9.17) is 5.26 Å². The van der Waals surface area contributed by atoms with Crippen LogP contribution in [-0.4, -0.2) is 29.6 Å². The number of aryl methyl sites for hydroxylation is 1. The van der Waals surface area contributed by atoms with Crippen LogP contribution in [0, 0.1) is 25.2 Å². The summed E-state index contributed by atoms with van der Waals surface area (Å²) in [5.41, 5.74) is 5.00. The maximum atomic E-state index is 13.0. The number of benzene rings is 1. The van der Waals surface area contributed by atoms with Crippen LogP contribution in [0.2, 0.25) is 0 Å². The molecule has 4 rings (SSSR count). The molecular formula is C25H32N4O. The molecule has 2 aromatic rings. The first-order valence-corrected chi connectivity index (χ1v) is 11.3. The maximum Gasteiger partial charge on any atom is 0.253 e. The van der Waals surface area contributed by atoms with Crippen molar-refractivity contribution in [2.45, 2.75) is 70.9 Å². The van der Waals surface area contributed by atoms with Crippen molar-refractivity contribution >= 4 is 11.6 Å². The molecule has 2 heterocycles. The second kappa shape index (κ2) is 8.95. The third-order valence-electron chi connectivity index (χ3n) is 6.86. The summed E-state index contributed by atoms with van der Waals surface area (Å²) in [6.07, 6.45) is 8.25. The quantitative estimate of drug-likeness (QED) is 0.790. The first-order chi connectivity index (χ1) is 14.6. The molecule has 1 saturated heterocycles. The minimum absolute atomic E-state index is 0.0713. The summed E-state index contributed by atoms with van der Waals surface area (Å²) in [4.78, 5) is 15.4. The number of hydrogen-bond donors (Lipinski definition) is 1. The standard InChI is InChI=1S/C25H32N4O/c1-18-16-24(19(2)29(18)23-6-4-3-5-7-23)25(30)27-21-12-14-28(15-13-21)22-10-8-20(17-26)9-11-22/h8-11,16,21,23H,3-7,12-15H2,1-2H3,(H,27,30). The van der Waals surface area contributed by atoms with Crippen molar-refractivity contribution in [1.29, 1.82) is 5.26 Å². The van der Waals surface area contributed by atoms with E-state index in [0.717, 1.165) is 42.9 Å². The molecule has 0 bridgehead atoms. The highest BCUT2D eigenvalue weighted by Gasteiger charge is 2.25. The molecule has 158 valence electrons. The lowest BCUT2D eigenvalue weighted by Gasteiger charge is -2.34. The zero-order valence-corrected chi connectivity index (χ0v) is 18.2. The number of amides is 1. The topological polar surface area (TPSA) is 61.1 Å². The van der Waals surface area contributed by atoms with E-state index >= 15 is 0 Å². The molecular weight excluding hydrogens is 372 g/mol. The van der Waals surface area contributed by atoms with Crippen molar-refractivity contribution in [3.63, 3.8) is 0 Å². The second-order valence-electron chi connectivity index (χ2n) is 8.84. The number of carbonyl (C=O) groups is 1. The fourth-order valence-electron chi connectivity index (χ4n) is 5.20. The van der Waals surface area contributed by atoms with E-state index in [1.807, 2.05) is 24.3 Å². The zero-order chi connectivity index (χ0) is 21.1. The molecule has 1 N–H and O–H groups in total. The molecule has 30 heavy (non-hydrogen) atoms. The lowest BCUT2D eigenvalue weighted by Crippen LogP contribution is -2.44. The molecule has 0 unspecified atom stereocenters. The van der Waals surface area contributed by atoms with Crippen LogP contribution in [0.4, 0.5) is 5.69 Å². The number of nitrogens with zero attached hydrogens (tertiary/aromatic N) is 3. The number of rotatable bonds is 4. The van der Waals surface area contributed by atoms with Crippen molar-refractivity contribution in [3.8, 4) is 6.07 Å². The highest BCUT2D eigenvalue weighted by Crippen LogP contribution is 2.32. The van der Waals surface area contributed by atoms with Gasteiger partial charge in [-0.2, -0.15) is 5.26 Å². The van der Waals surface area contributed by atoms with E-state index in [-0.39, 0.29) is 11.9 Å². The van der Waals surface area contributed by atoms with Crippen LogP contribution in [0.25, 0.3) is 0 Å². The Bertz CT molecular complexity index is 923. The van der Waals surface area contributed by atoms with Gasteiger partial charge in [0.25, 0.3) is 5.91 Å². The molecule has 1 aliphatic carbocycles. The van der Waals surface area contributed by atoms with Gasteiger partial charge >= 0.3 is 0 Å². The molecule has 0 radical (unpaired) electrons. The summed E-state index contributed by atoms with van der Waals surface area (Å²) in [6.45, 7) is 6.06. The van der Waals surface area contributed by atoms with Crippen molar-refractivity contribution < 1.29 is 4.79 Å². The lowest BCUT2D eigenvalue weighted by atomic mass is 9.95. The molecule has 5 heteroatoms. The van der Waals surface area contributed by atoms with Gasteiger partial charge in [0.1, 0.15) is 0 Å². The fraction of sp³-hybridized carbons (Fsp3) is 0.520. The predicted molar refractivity (Wildman–Crippen MR) is 120 cm³/mol. The van der Waals surface area contributed by atoms with Crippen LogP contribution >= 0.6 is 0 Å². The van der Waals surface area contributed by atoms with Gasteiger partial charge in [-0.05, 0) is 69.9 Å². The van der Waals surface area contributed by atoms with Gasteiger partial charge in [-0.3, -0.25) is 4.79 Å². The Kier molecular flexibility index (Phi) is 6.13. The van der Waals surface area contributed by atoms with Gasteiger partial charge in [-0.1, -0.05) is 19.3 Å². The molecule has 2 fully saturated rings. The molecule has 0 spiro atoms. The number of aromatic nitrogens is 1. The van der Waals surface area contributed by atoms with E-state index in [1.54, 1.807) is 0 Å². The Labute approximate surface area is 179 Å². The van der Waals surface area contributed by atoms with E-state index in [9.17, 15) is 4.79 Å². The third kappa shape index (κ3) is 4.23. The lowest BCUT2D eigenvalue weighted by molar-refractivity contribution is 0.0930. The minimum Gasteiger partial charge on any atom is -0.371 e. The van der Waals surface area contributed by atoms with Crippen molar-refractivity contribution in [2.75, 3.05) is 18.0 Å². The highest BCUT2D eigenvalue weighted by atomic mass is 16.1. The zero-order valence-electron chi connectivity index (χ0n) is 18.2. The van der Waals surface area contributed by atoms with Crippen LogP contribution in [0.1, 0.15) is 78.3 Å². The average Bonchev–Trinajstić information content (AvgIpc) is 3.09. The first kappa shape index (κ1) is 20.5. The minimum atomic E-state index is 0.0713. The summed E-state index contributed by atoms with van der Waals surface area (Å²) in [6, 6.07) is 12.8. The van der Waals surface area contributed by atoms with E-state index in [2.05, 4.69) is 40.8 Å². The van der Waals surface area contributed by atoms with Gasteiger partial charge < -0.3 is 14.8 Å². The number of carbonyl (C=O) groups excluding carboxylic acids is 1. The van der Waals surface area contributed by atoms with Gasteiger partial charge in [-0.25, -0.2) is 0 Å². The fourth-order valence-corrected chi connectivity index (χ4v) is 5.20. The Morgan fingerprint density at radius 1 is 1.03 bits per heavy atom. The van der Waals surface area contributed by atoms with Crippen molar-refractivity contribution in [3.05, 3.63) is 52.8 Å². The Morgan fingerprint density at radius 3 is 2.33 bits per heavy atom. The number of hydrogen-bond acceptors (Lipinski definition) is 3. The van der Waals surface area contributed by atoms with E-state index in [1.165, 1.54) is 37.8 Å². The Morgan fingerprint density at radius 2 is 1.70 bits per heavy atom. The van der Waals surface area contributed by atoms with Crippen LogP contribution in [-0.2, 0) is 0 Å². The molecule has 1 aromatic heterocycles. The maximum absolute atomic E-state index is 13.0. The van der Waals surface area contributed by atoms with Crippen LogP contribution in [0.3, 0.4) is 0 Å². The monoisotopic (exact) mass is 404 g/mol. The molecule has 2 aliphatic rings. The number of nitriles is 1.